The highest BCUT2D eigenvalue weighted by Gasteiger charge is 2.48. The maximum absolute atomic E-state index is 14.2. The molecule has 0 unspecified atom stereocenters. The number of imidazole rings is 1. The van der Waals surface area contributed by atoms with Gasteiger partial charge in [0.05, 0.1) is 25.2 Å². The van der Waals surface area contributed by atoms with Crippen LogP contribution in [0.5, 0.6) is 0 Å². The van der Waals surface area contributed by atoms with E-state index in [4.69, 9.17) is 4.74 Å². The number of nitrogens with zero attached hydrogens (tertiary/aromatic N) is 2. The molecule has 35 heavy (non-hydrogen) atoms. The summed E-state index contributed by atoms with van der Waals surface area (Å²) in [4.78, 5) is 22.8. The van der Waals surface area contributed by atoms with Crippen molar-refractivity contribution in [3.05, 3.63) is 77.6 Å². The molecule has 184 valence electrons. The summed E-state index contributed by atoms with van der Waals surface area (Å²) in [5.41, 5.74) is 1.92. The molecule has 2 fully saturated rings. The van der Waals surface area contributed by atoms with Crippen molar-refractivity contribution in [1.29, 1.82) is 0 Å². The Morgan fingerprint density at radius 3 is 2.69 bits per heavy atom. The molecule has 3 N–H and O–H groups in total. The lowest BCUT2D eigenvalue weighted by atomic mass is 9.95. The van der Waals surface area contributed by atoms with E-state index in [9.17, 15) is 18.7 Å². The fourth-order valence-corrected chi connectivity index (χ4v) is 5.08. The molecule has 1 aliphatic heterocycles. The highest BCUT2D eigenvalue weighted by atomic mass is 19.1. The second-order valence-electron chi connectivity index (χ2n) is 9.07. The van der Waals surface area contributed by atoms with Crippen molar-refractivity contribution < 1.29 is 23.4 Å². The van der Waals surface area contributed by atoms with E-state index >= 15 is 0 Å². The Labute approximate surface area is 202 Å². The number of hydrogen-bond donors (Lipinski definition) is 3. The zero-order valence-corrected chi connectivity index (χ0v) is 19.2. The SMILES string of the molecule is O=C([C@H]1C[C@@H](NCc2ccc(F)cc2F)[C@H](c2cnc(-c3ccccc3)[nH]2)[C@@H]1O)N1CCOCC1. The Balaban J connectivity index is 1.40. The molecule has 0 spiro atoms. The second-order valence-corrected chi connectivity index (χ2v) is 9.07. The smallest absolute Gasteiger partial charge is 0.228 e. The lowest BCUT2D eigenvalue weighted by molar-refractivity contribution is -0.142. The molecule has 3 aromatic rings. The summed E-state index contributed by atoms with van der Waals surface area (Å²) >= 11 is 0. The molecule has 1 aromatic heterocycles. The van der Waals surface area contributed by atoms with Crippen LogP contribution in [-0.4, -0.2) is 64.3 Å². The first kappa shape index (κ1) is 23.6. The molecule has 9 heteroatoms. The van der Waals surface area contributed by atoms with Gasteiger partial charge in [-0.15, -0.1) is 0 Å². The lowest BCUT2D eigenvalue weighted by Gasteiger charge is -2.30. The third-order valence-corrected chi connectivity index (χ3v) is 6.93. The maximum Gasteiger partial charge on any atom is 0.228 e. The summed E-state index contributed by atoms with van der Waals surface area (Å²) in [6.45, 7) is 2.08. The molecule has 2 heterocycles. The average molecular weight is 483 g/mol. The van der Waals surface area contributed by atoms with E-state index in [1.807, 2.05) is 30.3 Å². The number of hydrogen-bond acceptors (Lipinski definition) is 5. The highest BCUT2D eigenvalue weighted by Crippen LogP contribution is 2.40. The first-order valence-corrected chi connectivity index (χ1v) is 11.8. The monoisotopic (exact) mass is 482 g/mol. The van der Waals surface area contributed by atoms with Crippen LogP contribution < -0.4 is 5.32 Å². The van der Waals surface area contributed by atoms with Gasteiger partial charge in [-0.3, -0.25) is 4.79 Å². The van der Waals surface area contributed by atoms with Crippen LogP contribution in [0, 0.1) is 17.6 Å². The fourth-order valence-electron chi connectivity index (χ4n) is 5.08. The first-order chi connectivity index (χ1) is 17.0. The Morgan fingerprint density at radius 2 is 1.94 bits per heavy atom. The van der Waals surface area contributed by atoms with Gasteiger partial charge in [-0.2, -0.15) is 0 Å². The minimum absolute atomic E-state index is 0.106. The molecular formula is C26H28F2N4O3. The molecular weight excluding hydrogens is 454 g/mol. The number of halogens is 2. The van der Waals surface area contributed by atoms with Gasteiger partial charge < -0.3 is 25.0 Å². The van der Waals surface area contributed by atoms with Gasteiger partial charge in [0.1, 0.15) is 17.5 Å². The molecule has 0 bridgehead atoms. The number of carbonyl (C=O) groups is 1. The topological polar surface area (TPSA) is 90.5 Å². The average Bonchev–Trinajstić information content (AvgIpc) is 3.48. The van der Waals surface area contributed by atoms with E-state index in [2.05, 4.69) is 15.3 Å². The minimum atomic E-state index is -0.954. The number of H-pyrrole nitrogens is 1. The van der Waals surface area contributed by atoms with Crippen molar-refractivity contribution >= 4 is 5.91 Å². The molecule has 4 atom stereocenters. The molecule has 1 saturated carbocycles. The first-order valence-electron chi connectivity index (χ1n) is 11.8. The van der Waals surface area contributed by atoms with Gasteiger partial charge in [0, 0.05) is 60.7 Å². The van der Waals surface area contributed by atoms with Crippen LogP contribution in [0.15, 0.2) is 54.7 Å². The lowest BCUT2D eigenvalue weighted by Crippen LogP contribution is -2.45. The predicted molar refractivity (Wildman–Crippen MR) is 125 cm³/mol. The van der Waals surface area contributed by atoms with Crippen LogP contribution in [0.3, 0.4) is 0 Å². The van der Waals surface area contributed by atoms with Crippen LogP contribution in [0.4, 0.5) is 8.78 Å². The molecule has 1 amide bonds. The molecule has 2 aliphatic rings. The van der Waals surface area contributed by atoms with E-state index in [0.717, 1.165) is 11.6 Å². The van der Waals surface area contributed by atoms with Crippen molar-refractivity contribution in [3.8, 4) is 11.4 Å². The summed E-state index contributed by atoms with van der Waals surface area (Å²) in [6.07, 6.45) is 1.11. The number of nitrogens with one attached hydrogen (secondary N) is 2. The predicted octanol–water partition coefficient (Wildman–Crippen LogP) is 2.84. The van der Waals surface area contributed by atoms with Crippen molar-refractivity contribution in [2.75, 3.05) is 26.3 Å². The molecule has 7 nitrogen and oxygen atoms in total. The van der Waals surface area contributed by atoms with Gasteiger partial charge in [-0.05, 0) is 12.5 Å². The zero-order valence-electron chi connectivity index (χ0n) is 19.2. The third-order valence-electron chi connectivity index (χ3n) is 6.93. The van der Waals surface area contributed by atoms with E-state index in [-0.39, 0.29) is 18.5 Å². The van der Waals surface area contributed by atoms with E-state index in [1.165, 1.54) is 12.1 Å². The van der Waals surface area contributed by atoms with E-state index in [1.54, 1.807) is 11.1 Å². The Hall–Kier alpha value is -3.14. The number of benzene rings is 2. The van der Waals surface area contributed by atoms with Crippen LogP contribution in [-0.2, 0) is 16.1 Å². The van der Waals surface area contributed by atoms with E-state index < -0.39 is 29.6 Å². The summed E-state index contributed by atoms with van der Waals surface area (Å²) in [5.74, 6) is -1.79. The quantitative estimate of drug-likeness (QED) is 0.503. The molecule has 1 saturated heterocycles. The number of rotatable bonds is 6. The minimum Gasteiger partial charge on any atom is -0.392 e. The summed E-state index contributed by atoms with van der Waals surface area (Å²) < 4.78 is 32.9. The second kappa shape index (κ2) is 10.2. The highest BCUT2D eigenvalue weighted by molar-refractivity contribution is 5.80. The number of aliphatic hydroxyl groups is 1. The number of carbonyl (C=O) groups excluding carboxylic acids is 1. The molecule has 2 aromatic carbocycles. The number of ether oxygens (including phenoxy) is 1. The number of amides is 1. The van der Waals surface area contributed by atoms with Crippen molar-refractivity contribution in [2.45, 2.75) is 31.0 Å². The van der Waals surface area contributed by atoms with Gasteiger partial charge in [0.15, 0.2) is 0 Å². The maximum atomic E-state index is 14.2. The number of aromatic nitrogens is 2. The van der Waals surface area contributed by atoms with Crippen molar-refractivity contribution in [1.82, 2.24) is 20.2 Å². The summed E-state index contributed by atoms with van der Waals surface area (Å²) in [6, 6.07) is 12.8. The van der Waals surface area contributed by atoms with Gasteiger partial charge in [0.2, 0.25) is 5.91 Å². The zero-order chi connectivity index (χ0) is 24.4. The van der Waals surface area contributed by atoms with Crippen LogP contribution in [0.25, 0.3) is 11.4 Å². The Kier molecular flexibility index (Phi) is 6.90. The Morgan fingerprint density at radius 1 is 1.17 bits per heavy atom. The molecule has 1 aliphatic carbocycles. The van der Waals surface area contributed by atoms with Gasteiger partial charge in [-0.1, -0.05) is 36.4 Å². The number of morpholine rings is 1. The van der Waals surface area contributed by atoms with Crippen LogP contribution in [0.2, 0.25) is 0 Å². The van der Waals surface area contributed by atoms with Gasteiger partial charge in [-0.25, -0.2) is 13.8 Å². The van der Waals surface area contributed by atoms with Crippen LogP contribution in [0.1, 0.15) is 23.6 Å². The third kappa shape index (κ3) is 4.98. The Bertz CT molecular complexity index is 1170. The molecule has 5 rings (SSSR count). The normalized spacial score (nSPS) is 24.6. The fraction of sp³-hybridized carbons (Fsp3) is 0.385. The standard InChI is InChI=1S/C26H28F2N4O3/c27-18-7-6-17(20(28)12-18)14-29-21-13-19(26(34)32-8-10-35-11-9-32)24(33)23(21)22-15-30-25(31-22)16-4-2-1-3-5-16/h1-7,12,15,19,21,23-24,29,33H,8-11,13-14H2,(H,30,31)/t19-,21+,23+,24+/m0/s1. The molecule has 0 radical (unpaired) electrons. The largest absolute Gasteiger partial charge is 0.392 e. The summed E-state index contributed by atoms with van der Waals surface area (Å²) in [5, 5.41) is 14.7. The summed E-state index contributed by atoms with van der Waals surface area (Å²) in [7, 11) is 0. The number of aromatic amines is 1. The van der Waals surface area contributed by atoms with Gasteiger partial charge in [0.25, 0.3) is 0 Å². The number of aliphatic hydroxyl groups excluding tert-OH is 1. The van der Waals surface area contributed by atoms with Gasteiger partial charge >= 0.3 is 0 Å². The van der Waals surface area contributed by atoms with Crippen molar-refractivity contribution in [2.24, 2.45) is 5.92 Å². The van der Waals surface area contributed by atoms with Crippen LogP contribution >= 0.6 is 0 Å². The van der Waals surface area contributed by atoms with Crippen molar-refractivity contribution in [3.63, 3.8) is 0 Å². The van der Waals surface area contributed by atoms with E-state index in [0.29, 0.717) is 49.8 Å².